The number of hydrogen-bond acceptors (Lipinski definition) is 4. The lowest BCUT2D eigenvalue weighted by molar-refractivity contribution is 0.123. The predicted octanol–water partition coefficient (Wildman–Crippen LogP) is 3.07. The summed E-state index contributed by atoms with van der Waals surface area (Å²) in [6, 6.07) is 1.28. The molecule has 0 aromatic carbocycles. The van der Waals surface area contributed by atoms with Gasteiger partial charge in [-0.1, -0.05) is 6.42 Å². The van der Waals surface area contributed by atoms with Gasteiger partial charge in [-0.25, -0.2) is 4.98 Å². The number of fused-ring (bicyclic) bond motifs is 1. The molecule has 3 rings (SSSR count). The molecule has 2 unspecified atom stereocenters. The van der Waals surface area contributed by atoms with Gasteiger partial charge in [0, 0.05) is 30.2 Å². The number of aromatic nitrogens is 1. The van der Waals surface area contributed by atoms with E-state index in [1.165, 1.54) is 62.6 Å². The van der Waals surface area contributed by atoms with Crippen molar-refractivity contribution in [3.63, 3.8) is 0 Å². The Bertz CT molecular complexity index is 417. The van der Waals surface area contributed by atoms with E-state index >= 15 is 0 Å². The van der Waals surface area contributed by atoms with Gasteiger partial charge in [0.15, 0.2) is 0 Å². The maximum Gasteiger partial charge on any atom is 0.110 e. The largest absolute Gasteiger partial charge is 0.299 e. The molecular weight excluding hydrogens is 254 g/mol. The summed E-state index contributed by atoms with van der Waals surface area (Å²) in [5.41, 5.74) is 1.17. The summed E-state index contributed by atoms with van der Waals surface area (Å²) in [5.74, 6) is 0. The lowest BCUT2D eigenvalue weighted by atomic mass is 10.0. The summed E-state index contributed by atoms with van der Waals surface area (Å²) >= 11 is 1.82. The molecule has 1 aromatic rings. The molecule has 106 valence electrons. The zero-order valence-electron chi connectivity index (χ0n) is 12.1. The van der Waals surface area contributed by atoms with E-state index < -0.39 is 0 Å². The Morgan fingerprint density at radius 3 is 2.89 bits per heavy atom. The maximum atomic E-state index is 4.68. The third-order valence-corrected chi connectivity index (χ3v) is 5.76. The molecule has 2 aliphatic rings. The highest BCUT2D eigenvalue weighted by molar-refractivity contribution is 7.09. The van der Waals surface area contributed by atoms with Gasteiger partial charge in [0.1, 0.15) is 5.01 Å². The fourth-order valence-corrected chi connectivity index (χ4v) is 4.36. The third kappa shape index (κ3) is 3.01. The molecule has 2 fully saturated rings. The summed E-state index contributed by atoms with van der Waals surface area (Å²) in [6.45, 7) is 9.51. The number of piperidine rings is 1. The highest BCUT2D eigenvalue weighted by atomic mass is 32.1. The van der Waals surface area contributed by atoms with Crippen LogP contribution in [0.1, 0.15) is 49.4 Å². The third-order valence-electron chi connectivity index (χ3n) is 4.63. The molecular formula is C15H25N3S. The number of hydrogen-bond donors (Lipinski definition) is 0. The highest BCUT2D eigenvalue weighted by Crippen LogP contribution is 2.28. The first-order valence-electron chi connectivity index (χ1n) is 7.64. The summed E-state index contributed by atoms with van der Waals surface area (Å²) in [4.78, 5) is 10.1. The number of aryl methyl sites for hydroxylation is 1. The number of rotatable bonds is 2. The van der Waals surface area contributed by atoms with Gasteiger partial charge in [0.05, 0.1) is 6.04 Å². The van der Waals surface area contributed by atoms with E-state index in [0.29, 0.717) is 6.04 Å². The van der Waals surface area contributed by atoms with Crippen molar-refractivity contribution in [1.82, 2.24) is 14.8 Å². The van der Waals surface area contributed by atoms with Crippen LogP contribution in [0.2, 0.25) is 0 Å². The Morgan fingerprint density at radius 1 is 1.26 bits per heavy atom. The van der Waals surface area contributed by atoms with E-state index in [4.69, 9.17) is 0 Å². The molecule has 0 bridgehead atoms. The molecule has 0 amide bonds. The van der Waals surface area contributed by atoms with Crippen molar-refractivity contribution in [2.24, 2.45) is 0 Å². The zero-order chi connectivity index (χ0) is 13.2. The first kappa shape index (κ1) is 13.5. The van der Waals surface area contributed by atoms with Crippen molar-refractivity contribution in [2.45, 2.75) is 51.6 Å². The number of thiazole rings is 1. The SMILES string of the molecule is Cc1csc(C(C)N2CCCN3CCCCC3C2)n1. The fraction of sp³-hybridized carbons (Fsp3) is 0.800. The highest BCUT2D eigenvalue weighted by Gasteiger charge is 2.29. The second kappa shape index (κ2) is 5.90. The van der Waals surface area contributed by atoms with Gasteiger partial charge in [-0.05, 0) is 46.2 Å². The molecule has 2 saturated heterocycles. The molecule has 0 spiro atoms. The van der Waals surface area contributed by atoms with Crippen LogP contribution in [-0.4, -0.2) is 47.0 Å². The van der Waals surface area contributed by atoms with E-state index in [1.54, 1.807) is 0 Å². The Labute approximate surface area is 120 Å². The maximum absolute atomic E-state index is 4.68. The molecule has 3 heterocycles. The van der Waals surface area contributed by atoms with Crippen molar-refractivity contribution < 1.29 is 0 Å². The lowest BCUT2D eigenvalue weighted by Gasteiger charge is -2.36. The first-order chi connectivity index (χ1) is 9.24. The van der Waals surface area contributed by atoms with Gasteiger partial charge in [0.2, 0.25) is 0 Å². The molecule has 19 heavy (non-hydrogen) atoms. The monoisotopic (exact) mass is 279 g/mol. The molecule has 3 nitrogen and oxygen atoms in total. The average Bonchev–Trinajstić information content (AvgIpc) is 2.74. The van der Waals surface area contributed by atoms with Crippen molar-refractivity contribution in [1.29, 1.82) is 0 Å². The van der Waals surface area contributed by atoms with Gasteiger partial charge in [-0.2, -0.15) is 0 Å². The van der Waals surface area contributed by atoms with Crippen LogP contribution in [0.15, 0.2) is 5.38 Å². The molecule has 4 heteroatoms. The average molecular weight is 279 g/mol. The van der Waals surface area contributed by atoms with Crippen LogP contribution in [0.4, 0.5) is 0 Å². The van der Waals surface area contributed by atoms with Crippen LogP contribution in [0.3, 0.4) is 0 Å². The van der Waals surface area contributed by atoms with E-state index in [2.05, 4.69) is 34.0 Å². The minimum atomic E-state index is 0.487. The van der Waals surface area contributed by atoms with Crippen LogP contribution in [0.25, 0.3) is 0 Å². The van der Waals surface area contributed by atoms with Crippen molar-refractivity contribution in [2.75, 3.05) is 26.2 Å². The molecule has 0 radical (unpaired) electrons. The standard InChI is InChI=1S/C15H25N3S/c1-12-11-19-15(16-12)13(2)18-9-5-8-17-7-4-3-6-14(17)10-18/h11,13-14H,3-10H2,1-2H3. The van der Waals surface area contributed by atoms with Gasteiger partial charge in [-0.3, -0.25) is 9.80 Å². The van der Waals surface area contributed by atoms with Crippen LogP contribution in [-0.2, 0) is 0 Å². The quantitative estimate of drug-likeness (QED) is 0.829. The molecule has 1 aromatic heterocycles. The normalized spacial score (nSPS) is 27.8. The van der Waals surface area contributed by atoms with Crippen molar-refractivity contribution >= 4 is 11.3 Å². The van der Waals surface area contributed by atoms with E-state index in [0.717, 1.165) is 6.04 Å². The second-order valence-corrected chi connectivity index (χ2v) is 6.93. The fourth-order valence-electron chi connectivity index (χ4n) is 3.47. The topological polar surface area (TPSA) is 19.4 Å². The molecule has 0 N–H and O–H groups in total. The van der Waals surface area contributed by atoms with Gasteiger partial charge in [0.25, 0.3) is 0 Å². The van der Waals surface area contributed by atoms with Crippen LogP contribution in [0, 0.1) is 6.92 Å². The smallest absolute Gasteiger partial charge is 0.110 e. The Balaban J connectivity index is 1.70. The Hall–Kier alpha value is -0.450. The summed E-state index contributed by atoms with van der Waals surface area (Å²) < 4.78 is 0. The molecule has 0 aliphatic carbocycles. The Kier molecular flexibility index (Phi) is 4.20. The second-order valence-electron chi connectivity index (χ2n) is 6.04. The van der Waals surface area contributed by atoms with Crippen molar-refractivity contribution in [3.05, 3.63) is 16.1 Å². The predicted molar refractivity (Wildman–Crippen MR) is 80.7 cm³/mol. The van der Waals surface area contributed by atoms with E-state index in [9.17, 15) is 0 Å². The van der Waals surface area contributed by atoms with Crippen LogP contribution >= 0.6 is 11.3 Å². The minimum absolute atomic E-state index is 0.487. The van der Waals surface area contributed by atoms with Crippen molar-refractivity contribution in [3.8, 4) is 0 Å². The summed E-state index contributed by atoms with van der Waals surface area (Å²) in [5, 5.41) is 3.47. The zero-order valence-corrected chi connectivity index (χ0v) is 13.0. The summed E-state index contributed by atoms with van der Waals surface area (Å²) in [6.07, 6.45) is 5.52. The minimum Gasteiger partial charge on any atom is -0.299 e. The number of nitrogens with zero attached hydrogens (tertiary/aromatic N) is 3. The molecule has 0 saturated carbocycles. The van der Waals surface area contributed by atoms with Gasteiger partial charge in [-0.15, -0.1) is 11.3 Å². The lowest BCUT2D eigenvalue weighted by Crippen LogP contribution is -2.44. The van der Waals surface area contributed by atoms with Gasteiger partial charge < -0.3 is 0 Å². The Morgan fingerprint density at radius 2 is 2.11 bits per heavy atom. The first-order valence-corrected chi connectivity index (χ1v) is 8.52. The van der Waals surface area contributed by atoms with Crippen LogP contribution in [0.5, 0.6) is 0 Å². The van der Waals surface area contributed by atoms with E-state index in [1.807, 2.05) is 11.3 Å². The molecule has 2 aliphatic heterocycles. The molecule has 2 atom stereocenters. The summed E-state index contributed by atoms with van der Waals surface area (Å²) in [7, 11) is 0. The van der Waals surface area contributed by atoms with Crippen LogP contribution < -0.4 is 0 Å². The van der Waals surface area contributed by atoms with Gasteiger partial charge >= 0.3 is 0 Å². The van der Waals surface area contributed by atoms with E-state index in [-0.39, 0.29) is 0 Å².